The molecular formula is C27H50N2O3. The van der Waals surface area contributed by atoms with Gasteiger partial charge in [-0.3, -0.25) is 9.97 Å². The molecule has 5 heteroatoms. The van der Waals surface area contributed by atoms with Crippen LogP contribution in [0.25, 0.3) is 0 Å². The Morgan fingerprint density at radius 1 is 0.562 bits per heavy atom. The summed E-state index contributed by atoms with van der Waals surface area (Å²) < 4.78 is 15.7. The van der Waals surface area contributed by atoms with E-state index in [0.717, 1.165) is 49.0 Å². The van der Waals surface area contributed by atoms with Crippen molar-refractivity contribution in [1.82, 2.24) is 9.97 Å². The topological polar surface area (TPSA) is 53.5 Å². The summed E-state index contributed by atoms with van der Waals surface area (Å²) in [5, 5.41) is 0. The molecule has 186 valence electrons. The first-order chi connectivity index (χ1) is 15.2. The Labute approximate surface area is 198 Å². The van der Waals surface area contributed by atoms with Crippen molar-refractivity contribution < 1.29 is 14.2 Å². The quantitative estimate of drug-likeness (QED) is 0.437. The van der Waals surface area contributed by atoms with Gasteiger partial charge in [-0.1, -0.05) is 53.4 Å². The third-order valence-corrected chi connectivity index (χ3v) is 6.18. The summed E-state index contributed by atoms with van der Waals surface area (Å²) in [6.07, 6.45) is 12.6. The molecule has 0 aromatic carbocycles. The summed E-state index contributed by atoms with van der Waals surface area (Å²) in [4.78, 5) is 8.03. The van der Waals surface area contributed by atoms with Gasteiger partial charge in [-0.05, 0) is 58.3 Å². The number of hydrogen-bond acceptors (Lipinski definition) is 5. The number of rotatable bonds is 0. The molecule has 32 heavy (non-hydrogen) atoms. The number of aromatic nitrogens is 2. The molecule has 2 atom stereocenters. The molecule has 0 spiro atoms. The summed E-state index contributed by atoms with van der Waals surface area (Å²) in [6.45, 7) is 19.7. The van der Waals surface area contributed by atoms with Crippen LogP contribution in [0.4, 0.5) is 0 Å². The third kappa shape index (κ3) is 14.9. The van der Waals surface area contributed by atoms with Gasteiger partial charge >= 0.3 is 0 Å². The lowest BCUT2D eigenvalue weighted by Crippen LogP contribution is -2.27. The molecule has 1 aliphatic carbocycles. The van der Waals surface area contributed by atoms with Crippen molar-refractivity contribution in [1.29, 1.82) is 0 Å². The second kappa shape index (κ2) is 16.6. The Kier molecular flexibility index (Phi) is 15.0. The smallest absolute Gasteiger partial charge is 0.154 e. The van der Waals surface area contributed by atoms with E-state index in [9.17, 15) is 0 Å². The maximum Gasteiger partial charge on any atom is 0.154 e. The van der Waals surface area contributed by atoms with Crippen molar-refractivity contribution in [3.63, 3.8) is 0 Å². The zero-order valence-electron chi connectivity index (χ0n) is 22.1. The van der Waals surface area contributed by atoms with Crippen LogP contribution < -0.4 is 0 Å². The molecule has 0 N–H and O–H groups in total. The van der Waals surface area contributed by atoms with Gasteiger partial charge < -0.3 is 14.2 Å². The normalized spacial score (nSPS) is 32.1. The van der Waals surface area contributed by atoms with E-state index in [1.165, 1.54) is 38.5 Å². The maximum absolute atomic E-state index is 5.39. The fraction of sp³-hybridized carbons (Fsp3) is 0.852. The molecule has 3 aliphatic rings. The second-order valence-corrected chi connectivity index (χ2v) is 10.3. The molecule has 2 saturated heterocycles. The molecule has 0 radical (unpaired) electrons. The maximum atomic E-state index is 5.39. The fourth-order valence-electron chi connectivity index (χ4n) is 3.59. The minimum atomic E-state index is 0.0196. The molecule has 2 aliphatic heterocycles. The van der Waals surface area contributed by atoms with Crippen LogP contribution in [-0.2, 0) is 14.2 Å². The van der Waals surface area contributed by atoms with E-state index in [-0.39, 0.29) is 6.29 Å². The molecular weight excluding hydrogens is 400 g/mol. The minimum Gasteiger partial charge on any atom is -0.378 e. The fourth-order valence-corrected chi connectivity index (χ4v) is 3.59. The van der Waals surface area contributed by atoms with Crippen LogP contribution in [0.3, 0.4) is 0 Å². The van der Waals surface area contributed by atoms with Gasteiger partial charge in [0, 0.05) is 24.9 Å². The Balaban J connectivity index is 0.000000213. The predicted octanol–water partition coefficient (Wildman–Crippen LogP) is 6.76. The van der Waals surface area contributed by atoms with E-state index in [1.54, 1.807) is 12.4 Å². The lowest BCUT2D eigenvalue weighted by atomic mass is 9.84. The van der Waals surface area contributed by atoms with Crippen LogP contribution >= 0.6 is 0 Å². The van der Waals surface area contributed by atoms with E-state index >= 15 is 0 Å². The Morgan fingerprint density at radius 3 is 1.28 bits per heavy atom. The first-order valence-corrected chi connectivity index (χ1v) is 12.8. The number of hydrogen-bond donors (Lipinski definition) is 0. The Hall–Kier alpha value is -1.04. The molecule has 0 bridgehead atoms. The highest BCUT2D eigenvalue weighted by Crippen LogP contribution is 2.27. The molecule has 1 aromatic rings. The highest BCUT2D eigenvalue weighted by molar-refractivity contribution is 4.97. The van der Waals surface area contributed by atoms with Gasteiger partial charge in [-0.15, -0.1) is 0 Å². The van der Waals surface area contributed by atoms with Crippen LogP contribution in [0.2, 0.25) is 0 Å². The molecule has 3 heterocycles. The molecule has 3 fully saturated rings. The van der Waals surface area contributed by atoms with Crippen molar-refractivity contribution in [2.75, 3.05) is 19.8 Å². The molecule has 1 saturated carbocycles. The largest absolute Gasteiger partial charge is 0.378 e. The van der Waals surface area contributed by atoms with Gasteiger partial charge in [0.1, 0.15) is 0 Å². The lowest BCUT2D eigenvalue weighted by molar-refractivity contribution is -0.187. The molecule has 0 amide bonds. The molecule has 1 aromatic heterocycles. The number of nitrogens with zero attached hydrogens (tertiary/aromatic N) is 2. The van der Waals surface area contributed by atoms with E-state index < -0.39 is 0 Å². The predicted molar refractivity (Wildman–Crippen MR) is 133 cm³/mol. The van der Waals surface area contributed by atoms with Crippen molar-refractivity contribution >= 4 is 0 Å². The average Bonchev–Trinajstić information content (AvgIpc) is 2.78. The summed E-state index contributed by atoms with van der Waals surface area (Å²) in [7, 11) is 0. The van der Waals surface area contributed by atoms with Gasteiger partial charge in [0.25, 0.3) is 0 Å². The van der Waals surface area contributed by atoms with E-state index in [2.05, 4.69) is 44.6 Å². The summed E-state index contributed by atoms with van der Waals surface area (Å²) >= 11 is 0. The van der Waals surface area contributed by atoms with Gasteiger partial charge in [0.15, 0.2) is 6.29 Å². The lowest BCUT2D eigenvalue weighted by Gasteiger charge is -2.24. The van der Waals surface area contributed by atoms with Gasteiger partial charge in [0.2, 0.25) is 0 Å². The van der Waals surface area contributed by atoms with Crippen LogP contribution in [0, 0.1) is 37.5 Å². The molecule has 4 rings (SSSR count). The number of ether oxygens (including phenoxy) is 3. The van der Waals surface area contributed by atoms with Crippen LogP contribution in [0.5, 0.6) is 0 Å². The van der Waals surface area contributed by atoms with Crippen LogP contribution in [0.1, 0.15) is 91.5 Å². The summed E-state index contributed by atoms with van der Waals surface area (Å²) in [5.41, 5.74) is 1.94. The van der Waals surface area contributed by atoms with Crippen molar-refractivity contribution in [2.24, 2.45) is 23.7 Å². The average molecular weight is 451 g/mol. The number of aryl methyl sites for hydroxylation is 2. The zero-order chi connectivity index (χ0) is 23.9. The molecule has 2 unspecified atom stereocenters. The van der Waals surface area contributed by atoms with Crippen molar-refractivity contribution in [3.8, 4) is 0 Å². The van der Waals surface area contributed by atoms with Gasteiger partial charge in [-0.2, -0.15) is 0 Å². The third-order valence-electron chi connectivity index (χ3n) is 6.18. The first kappa shape index (κ1) is 29.0. The highest BCUT2D eigenvalue weighted by Gasteiger charge is 2.14. The van der Waals surface area contributed by atoms with E-state index in [1.807, 2.05) is 20.8 Å². The Bertz CT molecular complexity index is 458. The summed E-state index contributed by atoms with van der Waals surface area (Å²) in [5.74, 6) is 3.41. The van der Waals surface area contributed by atoms with Gasteiger partial charge in [-0.25, -0.2) is 0 Å². The highest BCUT2D eigenvalue weighted by atomic mass is 16.7. The summed E-state index contributed by atoms with van der Waals surface area (Å²) in [6, 6.07) is 0. The van der Waals surface area contributed by atoms with Crippen LogP contribution in [-0.4, -0.2) is 42.2 Å². The zero-order valence-corrected chi connectivity index (χ0v) is 22.1. The standard InChI is InChI=1S/C8H16.C7H14O.C6H8N2.C6H12O2/c1-7-3-5-8(2)6-4-7;1-6-3-4-7(2)8-5-6;1-5-3-8-6(2)4-7-5;1-5-3-7-6(2)8-4-5/h7-8H,3-6H2,1-2H3;6-7H,3-5H2,1-2H3;3-4H,1-2H3;5-6H,3-4H2,1-2H3. The first-order valence-electron chi connectivity index (χ1n) is 12.8. The van der Waals surface area contributed by atoms with E-state index in [4.69, 9.17) is 14.2 Å². The second-order valence-electron chi connectivity index (χ2n) is 10.3. The van der Waals surface area contributed by atoms with Crippen molar-refractivity contribution in [3.05, 3.63) is 23.8 Å². The van der Waals surface area contributed by atoms with E-state index in [0.29, 0.717) is 12.0 Å². The Morgan fingerprint density at radius 2 is 0.969 bits per heavy atom. The molecule has 5 nitrogen and oxygen atoms in total. The van der Waals surface area contributed by atoms with Crippen LogP contribution in [0.15, 0.2) is 12.4 Å². The monoisotopic (exact) mass is 450 g/mol. The van der Waals surface area contributed by atoms with Crippen molar-refractivity contribution in [2.45, 2.75) is 106 Å². The van der Waals surface area contributed by atoms with Gasteiger partial charge in [0.05, 0.1) is 30.7 Å². The minimum absolute atomic E-state index is 0.0196. The SMILES string of the molecule is CC1CCC(C)CC1.CC1CCC(C)OC1.CC1COC(C)OC1.Cc1cnc(C)cn1.